The van der Waals surface area contributed by atoms with E-state index < -0.39 is 0 Å². The van der Waals surface area contributed by atoms with Gasteiger partial charge in [-0.25, -0.2) is 0 Å². The summed E-state index contributed by atoms with van der Waals surface area (Å²) >= 11 is 0. The van der Waals surface area contributed by atoms with Gasteiger partial charge in [-0.3, -0.25) is 4.79 Å². The summed E-state index contributed by atoms with van der Waals surface area (Å²) in [6.07, 6.45) is 4.30. The highest BCUT2D eigenvalue weighted by Gasteiger charge is 2.32. The van der Waals surface area contributed by atoms with Gasteiger partial charge in [0.05, 0.1) is 0 Å². The lowest BCUT2D eigenvalue weighted by molar-refractivity contribution is -0.127. The van der Waals surface area contributed by atoms with E-state index in [9.17, 15) is 4.79 Å². The van der Waals surface area contributed by atoms with E-state index in [0.29, 0.717) is 5.92 Å². The molecule has 0 aromatic rings. The molecular weight excluding hydrogens is 238 g/mol. The van der Waals surface area contributed by atoms with Crippen LogP contribution in [-0.4, -0.2) is 43.0 Å². The van der Waals surface area contributed by atoms with Crippen molar-refractivity contribution in [3.05, 3.63) is 0 Å². The van der Waals surface area contributed by atoms with Crippen molar-refractivity contribution in [1.82, 2.24) is 10.2 Å². The lowest BCUT2D eigenvalue weighted by Crippen LogP contribution is -2.45. The third-order valence-corrected chi connectivity index (χ3v) is 4.41. The fourth-order valence-electron chi connectivity index (χ4n) is 2.98. The van der Waals surface area contributed by atoms with E-state index in [-0.39, 0.29) is 17.9 Å². The topological polar surface area (TPSA) is 58.4 Å². The van der Waals surface area contributed by atoms with E-state index in [1.807, 2.05) is 0 Å². The standard InChI is InChI=1S/C15H31N3O/c1-4-10-18(5-2)11-9-17-15(19)13-7-6-8-14(16)12(13)3/h12-14H,4-11,16H2,1-3H3,(H,17,19). The van der Waals surface area contributed by atoms with Crippen LogP contribution in [0.25, 0.3) is 0 Å². The van der Waals surface area contributed by atoms with Gasteiger partial charge >= 0.3 is 0 Å². The monoisotopic (exact) mass is 269 g/mol. The Bertz CT molecular complexity index is 270. The van der Waals surface area contributed by atoms with E-state index in [1.54, 1.807) is 0 Å². The Morgan fingerprint density at radius 1 is 1.32 bits per heavy atom. The number of carbonyl (C=O) groups excluding carboxylic acids is 1. The van der Waals surface area contributed by atoms with E-state index in [2.05, 4.69) is 31.0 Å². The van der Waals surface area contributed by atoms with Crippen LogP contribution >= 0.6 is 0 Å². The molecule has 0 spiro atoms. The molecule has 0 radical (unpaired) electrons. The summed E-state index contributed by atoms with van der Waals surface area (Å²) in [4.78, 5) is 14.6. The van der Waals surface area contributed by atoms with Crippen molar-refractivity contribution < 1.29 is 4.79 Å². The molecule has 1 saturated carbocycles. The second kappa shape index (κ2) is 8.54. The van der Waals surface area contributed by atoms with Crippen molar-refractivity contribution in [2.75, 3.05) is 26.2 Å². The summed E-state index contributed by atoms with van der Waals surface area (Å²) in [5.74, 6) is 0.631. The molecule has 0 saturated heterocycles. The molecule has 1 fully saturated rings. The van der Waals surface area contributed by atoms with Gasteiger partial charge in [0.15, 0.2) is 0 Å². The summed E-state index contributed by atoms with van der Waals surface area (Å²) < 4.78 is 0. The third kappa shape index (κ3) is 5.11. The molecule has 3 N–H and O–H groups in total. The Labute approximate surface area is 118 Å². The highest BCUT2D eigenvalue weighted by Crippen LogP contribution is 2.28. The Morgan fingerprint density at radius 2 is 2.05 bits per heavy atom. The largest absolute Gasteiger partial charge is 0.355 e. The minimum absolute atomic E-state index is 0.116. The van der Waals surface area contributed by atoms with Crippen LogP contribution in [0.15, 0.2) is 0 Å². The predicted octanol–water partition coefficient (Wildman–Crippen LogP) is 1.60. The average molecular weight is 269 g/mol. The predicted molar refractivity (Wildman–Crippen MR) is 79.9 cm³/mol. The van der Waals surface area contributed by atoms with Gasteiger partial charge in [-0.1, -0.05) is 27.2 Å². The van der Waals surface area contributed by atoms with Gasteiger partial charge < -0.3 is 16.0 Å². The van der Waals surface area contributed by atoms with E-state index in [0.717, 1.165) is 51.9 Å². The maximum absolute atomic E-state index is 12.2. The average Bonchev–Trinajstić information content (AvgIpc) is 2.40. The normalized spacial score (nSPS) is 27.5. The highest BCUT2D eigenvalue weighted by atomic mass is 16.1. The maximum atomic E-state index is 12.2. The van der Waals surface area contributed by atoms with Crippen molar-refractivity contribution in [2.45, 2.75) is 52.5 Å². The number of nitrogens with zero attached hydrogens (tertiary/aromatic N) is 1. The first kappa shape index (κ1) is 16.4. The number of nitrogens with two attached hydrogens (primary N) is 1. The molecule has 1 aliphatic carbocycles. The van der Waals surface area contributed by atoms with Crippen molar-refractivity contribution in [3.63, 3.8) is 0 Å². The Hall–Kier alpha value is -0.610. The molecule has 0 aromatic carbocycles. The van der Waals surface area contributed by atoms with Crippen LogP contribution in [0.3, 0.4) is 0 Å². The number of amides is 1. The first-order valence-electron chi connectivity index (χ1n) is 7.85. The molecule has 4 nitrogen and oxygen atoms in total. The molecule has 112 valence electrons. The number of carbonyl (C=O) groups is 1. The molecular formula is C15H31N3O. The Balaban J connectivity index is 2.30. The summed E-state index contributed by atoms with van der Waals surface area (Å²) in [6.45, 7) is 10.3. The van der Waals surface area contributed by atoms with Crippen LogP contribution < -0.4 is 11.1 Å². The number of hydrogen-bond acceptors (Lipinski definition) is 3. The SMILES string of the molecule is CCCN(CC)CCNC(=O)C1CCCC(N)C1C. The third-order valence-electron chi connectivity index (χ3n) is 4.41. The molecule has 1 amide bonds. The number of nitrogens with one attached hydrogen (secondary N) is 1. The summed E-state index contributed by atoms with van der Waals surface area (Å²) in [5, 5.41) is 3.09. The summed E-state index contributed by atoms with van der Waals surface area (Å²) in [7, 11) is 0. The molecule has 3 unspecified atom stereocenters. The second-order valence-corrected chi connectivity index (χ2v) is 5.79. The molecule has 0 aromatic heterocycles. The van der Waals surface area contributed by atoms with Crippen molar-refractivity contribution in [3.8, 4) is 0 Å². The Morgan fingerprint density at radius 3 is 2.68 bits per heavy atom. The molecule has 3 atom stereocenters. The number of rotatable bonds is 7. The maximum Gasteiger partial charge on any atom is 0.223 e. The fraction of sp³-hybridized carbons (Fsp3) is 0.933. The minimum atomic E-state index is 0.116. The highest BCUT2D eigenvalue weighted by molar-refractivity contribution is 5.79. The lowest BCUT2D eigenvalue weighted by Gasteiger charge is -2.33. The quantitative estimate of drug-likeness (QED) is 0.738. The van der Waals surface area contributed by atoms with E-state index >= 15 is 0 Å². The number of likely N-dealkylation sites (N-methyl/N-ethyl adjacent to an activating group) is 1. The van der Waals surface area contributed by atoms with Crippen LogP contribution in [0, 0.1) is 11.8 Å². The van der Waals surface area contributed by atoms with Gasteiger partial charge in [0, 0.05) is 25.0 Å². The first-order chi connectivity index (χ1) is 9.10. The van der Waals surface area contributed by atoms with E-state index in [4.69, 9.17) is 5.73 Å². The zero-order valence-electron chi connectivity index (χ0n) is 12.8. The molecule has 4 heteroatoms. The minimum Gasteiger partial charge on any atom is -0.355 e. The molecule has 0 heterocycles. The molecule has 19 heavy (non-hydrogen) atoms. The van der Waals surface area contributed by atoms with E-state index in [1.165, 1.54) is 0 Å². The smallest absolute Gasteiger partial charge is 0.223 e. The fourth-order valence-corrected chi connectivity index (χ4v) is 2.98. The summed E-state index contributed by atoms with van der Waals surface area (Å²) in [6, 6.07) is 0.191. The van der Waals surface area contributed by atoms with Crippen LogP contribution in [0.2, 0.25) is 0 Å². The van der Waals surface area contributed by atoms with Crippen molar-refractivity contribution in [1.29, 1.82) is 0 Å². The van der Waals surface area contributed by atoms with Crippen molar-refractivity contribution >= 4 is 5.91 Å². The molecule has 1 aliphatic rings. The van der Waals surface area contributed by atoms with Gasteiger partial charge in [-0.2, -0.15) is 0 Å². The molecule has 0 aliphatic heterocycles. The first-order valence-corrected chi connectivity index (χ1v) is 7.85. The zero-order valence-corrected chi connectivity index (χ0v) is 12.8. The van der Waals surface area contributed by atoms with Crippen LogP contribution in [-0.2, 0) is 4.79 Å². The zero-order chi connectivity index (χ0) is 14.3. The molecule has 1 rings (SSSR count). The van der Waals surface area contributed by atoms with Crippen molar-refractivity contribution in [2.24, 2.45) is 17.6 Å². The second-order valence-electron chi connectivity index (χ2n) is 5.79. The van der Waals surface area contributed by atoms with Gasteiger partial charge in [0.2, 0.25) is 5.91 Å². The molecule has 0 bridgehead atoms. The van der Waals surface area contributed by atoms with Crippen LogP contribution in [0.5, 0.6) is 0 Å². The van der Waals surface area contributed by atoms with Crippen LogP contribution in [0.4, 0.5) is 0 Å². The van der Waals surface area contributed by atoms with Gasteiger partial charge in [0.1, 0.15) is 0 Å². The summed E-state index contributed by atoms with van der Waals surface area (Å²) in [5.41, 5.74) is 6.06. The van der Waals surface area contributed by atoms with Gasteiger partial charge in [0.25, 0.3) is 0 Å². The number of hydrogen-bond donors (Lipinski definition) is 2. The van der Waals surface area contributed by atoms with Gasteiger partial charge in [-0.15, -0.1) is 0 Å². The van der Waals surface area contributed by atoms with Gasteiger partial charge in [-0.05, 0) is 38.3 Å². The lowest BCUT2D eigenvalue weighted by atomic mass is 9.77. The Kier molecular flexibility index (Phi) is 7.39. The van der Waals surface area contributed by atoms with Crippen LogP contribution in [0.1, 0.15) is 46.5 Å².